The molecule has 0 aliphatic heterocycles. The molecule has 102 valence electrons. The Morgan fingerprint density at radius 2 is 2.05 bits per heavy atom. The number of halogens is 1. The number of aromatic hydroxyl groups is 1. The maximum atomic E-state index is 13.6. The molecule has 1 N–H and O–H groups in total. The molecule has 0 bridgehead atoms. The highest BCUT2D eigenvalue weighted by Gasteiger charge is 2.22. The highest BCUT2D eigenvalue weighted by molar-refractivity contribution is 5.85. The number of allylic oxidation sites excluding steroid dienone is 2. The zero-order valence-corrected chi connectivity index (χ0v) is 12.0. The lowest BCUT2D eigenvalue weighted by Gasteiger charge is -2.20. The number of phenolic OH excluding ortho intramolecular Hbond substituents is 1. The van der Waals surface area contributed by atoms with Gasteiger partial charge in [-0.25, -0.2) is 4.39 Å². The molecule has 0 radical (unpaired) electrons. The van der Waals surface area contributed by atoms with E-state index in [4.69, 9.17) is 11.2 Å². The monoisotopic (exact) mass is 262 g/mol. The Morgan fingerprint density at radius 1 is 1.47 bits per heavy atom. The maximum absolute atomic E-state index is 13.6. The Morgan fingerprint density at radius 3 is 2.42 bits per heavy atom. The molecule has 1 rings (SSSR count). The summed E-state index contributed by atoms with van der Waals surface area (Å²) in [5, 5.41) is 9.95. The second-order valence-corrected chi connectivity index (χ2v) is 4.74. The Kier molecular flexibility index (Phi) is 4.61. The molecular weight excluding hydrogens is 243 g/mol. The van der Waals surface area contributed by atoms with Gasteiger partial charge in [0.2, 0.25) is 0 Å². The smallest absolute Gasteiger partial charge is 0.164 e. The van der Waals surface area contributed by atoms with Crippen molar-refractivity contribution in [1.29, 1.82) is 0 Å². The van der Waals surface area contributed by atoms with Gasteiger partial charge >= 0.3 is 0 Å². The van der Waals surface area contributed by atoms with Crippen LogP contribution in [-0.4, -0.2) is 12.2 Å². The first-order valence-electron chi connectivity index (χ1n) is 6.08. The summed E-state index contributed by atoms with van der Waals surface area (Å²) in [4.78, 5) is 0. The second kappa shape index (κ2) is 5.79. The van der Waals surface area contributed by atoms with Gasteiger partial charge in [-0.1, -0.05) is 19.8 Å². The molecule has 1 aromatic rings. The first-order chi connectivity index (χ1) is 8.84. The predicted molar refractivity (Wildman–Crippen MR) is 76.0 cm³/mol. The molecular formula is C16H19FO2. The molecule has 0 amide bonds. The third-order valence-corrected chi connectivity index (χ3v) is 3.01. The molecule has 2 nitrogen and oxygen atoms in total. The summed E-state index contributed by atoms with van der Waals surface area (Å²) in [5.74, 6) is 2.41. The van der Waals surface area contributed by atoms with Crippen LogP contribution >= 0.6 is 0 Å². The zero-order chi connectivity index (χ0) is 14.7. The zero-order valence-electron chi connectivity index (χ0n) is 12.0. The molecule has 1 aromatic carbocycles. The van der Waals surface area contributed by atoms with Crippen molar-refractivity contribution < 1.29 is 14.2 Å². The third kappa shape index (κ3) is 2.73. The normalized spacial score (nSPS) is 12.1. The van der Waals surface area contributed by atoms with Crippen LogP contribution in [0, 0.1) is 19.3 Å². The van der Waals surface area contributed by atoms with E-state index in [0.29, 0.717) is 11.3 Å². The topological polar surface area (TPSA) is 29.5 Å². The Hall–Kier alpha value is -1.95. The van der Waals surface area contributed by atoms with Gasteiger partial charge in [0, 0.05) is 11.1 Å². The molecule has 0 saturated heterocycles. The van der Waals surface area contributed by atoms with Crippen LogP contribution in [0.25, 0.3) is 5.57 Å². The number of terminal acetylenes is 1. The lowest BCUT2D eigenvalue weighted by Crippen LogP contribution is -2.03. The van der Waals surface area contributed by atoms with Gasteiger partial charge in [0.25, 0.3) is 0 Å². The van der Waals surface area contributed by atoms with Crippen molar-refractivity contribution >= 4 is 5.57 Å². The van der Waals surface area contributed by atoms with Crippen molar-refractivity contribution in [1.82, 2.24) is 0 Å². The summed E-state index contributed by atoms with van der Waals surface area (Å²) in [6, 6.07) is 1.54. The van der Waals surface area contributed by atoms with Crippen molar-refractivity contribution in [3.05, 3.63) is 28.6 Å². The van der Waals surface area contributed by atoms with Gasteiger partial charge in [-0.15, -0.1) is 6.42 Å². The van der Waals surface area contributed by atoms with Gasteiger partial charge in [0.1, 0.15) is 5.83 Å². The van der Waals surface area contributed by atoms with E-state index in [1.54, 1.807) is 13.0 Å². The van der Waals surface area contributed by atoms with Crippen molar-refractivity contribution in [3.63, 3.8) is 0 Å². The fourth-order valence-corrected chi connectivity index (χ4v) is 2.25. The predicted octanol–water partition coefficient (Wildman–Crippen LogP) is 4.17. The molecule has 0 aromatic heterocycles. The van der Waals surface area contributed by atoms with Crippen LogP contribution in [0.2, 0.25) is 0 Å². The maximum Gasteiger partial charge on any atom is 0.164 e. The quantitative estimate of drug-likeness (QED) is 0.828. The molecule has 0 spiro atoms. The number of hydrogen-bond donors (Lipinski definition) is 1. The molecule has 19 heavy (non-hydrogen) atoms. The van der Waals surface area contributed by atoms with Crippen LogP contribution in [-0.2, 0) is 0 Å². The van der Waals surface area contributed by atoms with Crippen LogP contribution in [0.5, 0.6) is 11.5 Å². The van der Waals surface area contributed by atoms with E-state index in [2.05, 4.69) is 5.92 Å². The van der Waals surface area contributed by atoms with Gasteiger partial charge in [0.05, 0.1) is 12.7 Å². The largest absolute Gasteiger partial charge is 0.504 e. The Bertz CT molecular complexity index is 559. The third-order valence-electron chi connectivity index (χ3n) is 3.01. The second-order valence-electron chi connectivity index (χ2n) is 4.74. The SMILES string of the molecule is C#C/C(=C(/C)F)c1c(C)cc(O)c(OC)c1C(C)C. The summed E-state index contributed by atoms with van der Waals surface area (Å²) >= 11 is 0. The van der Waals surface area contributed by atoms with E-state index in [0.717, 1.165) is 11.1 Å². The van der Waals surface area contributed by atoms with E-state index in [1.165, 1.54) is 14.0 Å². The summed E-state index contributed by atoms with van der Waals surface area (Å²) in [6.07, 6.45) is 5.42. The lowest BCUT2D eigenvalue weighted by molar-refractivity contribution is 0.367. The van der Waals surface area contributed by atoms with Gasteiger partial charge in [-0.05, 0) is 31.4 Å². The van der Waals surface area contributed by atoms with Gasteiger partial charge in [-0.2, -0.15) is 0 Å². The summed E-state index contributed by atoms with van der Waals surface area (Å²) in [5.41, 5.74) is 2.29. The highest BCUT2D eigenvalue weighted by atomic mass is 19.1. The number of hydrogen-bond acceptors (Lipinski definition) is 2. The van der Waals surface area contributed by atoms with Crippen LogP contribution in [0.4, 0.5) is 4.39 Å². The molecule has 0 atom stereocenters. The first kappa shape index (κ1) is 15.1. The van der Waals surface area contributed by atoms with Crippen LogP contribution in [0.3, 0.4) is 0 Å². The minimum atomic E-state index is -0.416. The minimum Gasteiger partial charge on any atom is -0.504 e. The molecule has 3 heteroatoms. The van der Waals surface area contributed by atoms with E-state index in [1.807, 2.05) is 13.8 Å². The van der Waals surface area contributed by atoms with E-state index < -0.39 is 5.83 Å². The first-order valence-corrected chi connectivity index (χ1v) is 6.08. The molecule has 0 fully saturated rings. The minimum absolute atomic E-state index is 0.0402. The number of methoxy groups -OCH3 is 1. The summed E-state index contributed by atoms with van der Waals surface area (Å²) in [7, 11) is 1.47. The molecule has 0 unspecified atom stereocenters. The van der Waals surface area contributed by atoms with Crippen LogP contribution in [0.1, 0.15) is 43.4 Å². The van der Waals surface area contributed by atoms with Crippen molar-refractivity contribution in [3.8, 4) is 23.8 Å². The number of aryl methyl sites for hydroxylation is 1. The lowest BCUT2D eigenvalue weighted by atomic mass is 9.87. The van der Waals surface area contributed by atoms with Crippen LogP contribution < -0.4 is 4.74 Å². The van der Waals surface area contributed by atoms with Gasteiger partial charge in [-0.3, -0.25) is 0 Å². The Balaban J connectivity index is 3.84. The van der Waals surface area contributed by atoms with Gasteiger partial charge < -0.3 is 9.84 Å². The molecule has 0 aliphatic rings. The van der Waals surface area contributed by atoms with Gasteiger partial charge in [0.15, 0.2) is 11.5 Å². The fourth-order valence-electron chi connectivity index (χ4n) is 2.25. The number of phenols is 1. The number of ether oxygens (including phenoxy) is 1. The molecule has 0 heterocycles. The van der Waals surface area contributed by atoms with E-state index in [-0.39, 0.29) is 17.2 Å². The van der Waals surface area contributed by atoms with Crippen molar-refractivity contribution in [2.45, 2.75) is 33.6 Å². The number of rotatable bonds is 3. The Labute approximate surface area is 113 Å². The average Bonchev–Trinajstić information content (AvgIpc) is 2.31. The highest BCUT2D eigenvalue weighted by Crippen LogP contribution is 2.42. The standard InChI is InChI=1S/C16H19FO2/c1-7-12(11(5)17)15-10(4)8-13(18)16(19-6)14(15)9(2)3/h1,8-9,18H,2-6H3/b12-11+. The average molecular weight is 262 g/mol. The molecule has 0 saturated carbocycles. The van der Waals surface area contributed by atoms with Crippen molar-refractivity contribution in [2.24, 2.45) is 0 Å². The molecule has 0 aliphatic carbocycles. The van der Waals surface area contributed by atoms with E-state index >= 15 is 0 Å². The van der Waals surface area contributed by atoms with Crippen LogP contribution in [0.15, 0.2) is 11.9 Å². The van der Waals surface area contributed by atoms with Crippen molar-refractivity contribution in [2.75, 3.05) is 7.11 Å². The summed E-state index contributed by atoms with van der Waals surface area (Å²) in [6.45, 7) is 7.02. The number of benzene rings is 1. The summed E-state index contributed by atoms with van der Waals surface area (Å²) < 4.78 is 18.9. The fraction of sp³-hybridized carbons (Fsp3) is 0.375. The van der Waals surface area contributed by atoms with E-state index in [9.17, 15) is 9.50 Å².